The minimum atomic E-state index is -0.994. The molecule has 0 bridgehead atoms. The molecule has 0 aliphatic heterocycles. The van der Waals surface area contributed by atoms with Crippen molar-refractivity contribution in [1.82, 2.24) is 0 Å². The Balaban J connectivity index is 1.72. The summed E-state index contributed by atoms with van der Waals surface area (Å²) >= 11 is 0. The number of hydrogen-bond donors (Lipinski definition) is 2. The van der Waals surface area contributed by atoms with E-state index in [-0.39, 0.29) is 17.7 Å². The van der Waals surface area contributed by atoms with Gasteiger partial charge in [-0.1, -0.05) is 24.3 Å². The number of nitriles is 1. The number of anilines is 1. The molecule has 0 radical (unpaired) electrons. The number of ether oxygens (including phenoxy) is 3. The van der Waals surface area contributed by atoms with Crippen LogP contribution in [-0.4, -0.2) is 31.2 Å². The fourth-order valence-electron chi connectivity index (χ4n) is 3.01. The molecule has 0 spiro atoms. The van der Waals surface area contributed by atoms with Crippen molar-refractivity contribution in [3.05, 3.63) is 89.0 Å². The minimum Gasteiger partial charge on any atom is -0.497 e. The minimum absolute atomic E-state index is 0.0861. The zero-order valence-corrected chi connectivity index (χ0v) is 18.6. The van der Waals surface area contributed by atoms with Gasteiger partial charge in [-0.05, 0) is 53.6 Å². The third-order valence-electron chi connectivity index (χ3n) is 4.79. The van der Waals surface area contributed by atoms with E-state index >= 15 is 0 Å². The van der Waals surface area contributed by atoms with Crippen LogP contribution in [-0.2, 0) is 11.4 Å². The molecule has 0 unspecified atom stereocenters. The summed E-state index contributed by atoms with van der Waals surface area (Å²) in [6, 6.07) is 20.1. The van der Waals surface area contributed by atoms with Gasteiger partial charge < -0.3 is 24.6 Å². The molecule has 0 saturated carbocycles. The molecule has 3 rings (SSSR count). The van der Waals surface area contributed by atoms with Crippen LogP contribution in [0.1, 0.15) is 21.5 Å². The number of carboxylic acids is 1. The standard InChI is InChI=1S/C26H22N2O6/c1-32-22-5-3-4-21(14-22)28-25(29)20(15-27)12-18-8-11-23(24(13-18)33-2)34-16-17-6-9-19(10-7-17)26(30)31/h3-14H,16H2,1-2H3,(H,28,29)(H,30,31). The number of nitrogens with one attached hydrogen (secondary N) is 1. The number of amides is 1. The van der Waals surface area contributed by atoms with Crippen LogP contribution in [0.2, 0.25) is 0 Å². The molecule has 0 saturated heterocycles. The van der Waals surface area contributed by atoms with E-state index in [0.29, 0.717) is 28.5 Å². The molecule has 0 aromatic heterocycles. The van der Waals surface area contributed by atoms with Crippen molar-refractivity contribution in [2.45, 2.75) is 6.61 Å². The molecule has 8 heteroatoms. The lowest BCUT2D eigenvalue weighted by Gasteiger charge is -2.12. The van der Waals surface area contributed by atoms with Crippen LogP contribution in [0, 0.1) is 11.3 Å². The average molecular weight is 458 g/mol. The van der Waals surface area contributed by atoms with Gasteiger partial charge in [0.05, 0.1) is 19.8 Å². The zero-order chi connectivity index (χ0) is 24.5. The van der Waals surface area contributed by atoms with Crippen LogP contribution < -0.4 is 19.5 Å². The van der Waals surface area contributed by atoms with Gasteiger partial charge in [0.1, 0.15) is 24.0 Å². The Hall–Kier alpha value is -4.77. The van der Waals surface area contributed by atoms with Crippen molar-refractivity contribution in [2.75, 3.05) is 19.5 Å². The molecule has 0 aliphatic rings. The molecule has 172 valence electrons. The third kappa shape index (κ3) is 6.14. The summed E-state index contributed by atoms with van der Waals surface area (Å²) in [6.45, 7) is 0.206. The topological polar surface area (TPSA) is 118 Å². The van der Waals surface area contributed by atoms with Crippen LogP contribution in [0.15, 0.2) is 72.3 Å². The maximum Gasteiger partial charge on any atom is 0.335 e. The second-order valence-electron chi connectivity index (χ2n) is 7.06. The zero-order valence-electron chi connectivity index (χ0n) is 18.6. The molecular weight excluding hydrogens is 436 g/mol. The molecule has 0 aliphatic carbocycles. The molecule has 8 nitrogen and oxygen atoms in total. The first kappa shape index (κ1) is 23.9. The first-order chi connectivity index (χ1) is 16.4. The Morgan fingerprint density at radius 2 is 1.76 bits per heavy atom. The lowest BCUT2D eigenvalue weighted by molar-refractivity contribution is -0.112. The van der Waals surface area contributed by atoms with Crippen molar-refractivity contribution in [3.8, 4) is 23.3 Å². The molecule has 2 N–H and O–H groups in total. The number of rotatable bonds is 9. The summed E-state index contributed by atoms with van der Waals surface area (Å²) in [6.07, 6.45) is 1.45. The number of carbonyl (C=O) groups is 2. The first-order valence-electron chi connectivity index (χ1n) is 10.1. The molecule has 3 aromatic carbocycles. The van der Waals surface area contributed by atoms with Crippen molar-refractivity contribution in [2.24, 2.45) is 0 Å². The van der Waals surface area contributed by atoms with E-state index in [9.17, 15) is 14.9 Å². The van der Waals surface area contributed by atoms with Gasteiger partial charge in [0.15, 0.2) is 11.5 Å². The van der Waals surface area contributed by atoms with Crippen LogP contribution in [0.3, 0.4) is 0 Å². The smallest absolute Gasteiger partial charge is 0.335 e. The Kier molecular flexibility index (Phi) is 7.87. The molecule has 0 atom stereocenters. The highest BCUT2D eigenvalue weighted by atomic mass is 16.5. The van der Waals surface area contributed by atoms with Gasteiger partial charge in [0.2, 0.25) is 0 Å². The third-order valence-corrected chi connectivity index (χ3v) is 4.79. The summed E-state index contributed by atoms with van der Waals surface area (Å²) in [5.74, 6) is -0.0901. The fraction of sp³-hybridized carbons (Fsp3) is 0.115. The van der Waals surface area contributed by atoms with E-state index in [4.69, 9.17) is 19.3 Å². The number of carboxylic acid groups (broad SMARTS) is 1. The molecular formula is C26H22N2O6. The largest absolute Gasteiger partial charge is 0.497 e. The number of hydrogen-bond acceptors (Lipinski definition) is 6. The quantitative estimate of drug-likeness (QED) is 0.357. The van der Waals surface area contributed by atoms with Gasteiger partial charge in [-0.25, -0.2) is 4.79 Å². The second kappa shape index (κ2) is 11.2. The average Bonchev–Trinajstić information content (AvgIpc) is 2.86. The van der Waals surface area contributed by atoms with Gasteiger partial charge in [0.25, 0.3) is 5.91 Å². The second-order valence-corrected chi connectivity index (χ2v) is 7.06. The number of nitrogens with zero attached hydrogens (tertiary/aromatic N) is 1. The highest BCUT2D eigenvalue weighted by molar-refractivity contribution is 6.09. The predicted octanol–water partition coefficient (Wildman–Crippen LogP) is 4.53. The fourth-order valence-corrected chi connectivity index (χ4v) is 3.01. The molecule has 0 heterocycles. The first-order valence-corrected chi connectivity index (χ1v) is 10.1. The lowest BCUT2D eigenvalue weighted by atomic mass is 10.1. The SMILES string of the molecule is COc1cccc(NC(=O)C(C#N)=Cc2ccc(OCc3ccc(C(=O)O)cc3)c(OC)c2)c1. The van der Waals surface area contributed by atoms with E-state index in [1.54, 1.807) is 54.6 Å². The van der Waals surface area contributed by atoms with Crippen LogP contribution in [0.25, 0.3) is 6.08 Å². The molecule has 1 amide bonds. The van der Waals surface area contributed by atoms with Gasteiger partial charge >= 0.3 is 5.97 Å². The predicted molar refractivity (Wildman–Crippen MR) is 126 cm³/mol. The Morgan fingerprint density at radius 3 is 2.41 bits per heavy atom. The van der Waals surface area contributed by atoms with Crippen LogP contribution in [0.4, 0.5) is 5.69 Å². The maximum atomic E-state index is 12.6. The van der Waals surface area contributed by atoms with Crippen molar-refractivity contribution < 1.29 is 28.9 Å². The lowest BCUT2D eigenvalue weighted by Crippen LogP contribution is -2.13. The van der Waals surface area contributed by atoms with E-state index in [1.807, 2.05) is 6.07 Å². The number of carbonyl (C=O) groups excluding carboxylic acids is 1. The Morgan fingerprint density at radius 1 is 1.00 bits per heavy atom. The van der Waals surface area contributed by atoms with E-state index < -0.39 is 11.9 Å². The van der Waals surface area contributed by atoms with Crippen LogP contribution >= 0.6 is 0 Å². The van der Waals surface area contributed by atoms with E-state index in [2.05, 4.69) is 5.32 Å². The number of methoxy groups -OCH3 is 2. The van der Waals surface area contributed by atoms with E-state index in [0.717, 1.165) is 5.56 Å². The molecule has 0 fully saturated rings. The summed E-state index contributed by atoms with van der Waals surface area (Å²) in [7, 11) is 3.01. The van der Waals surface area contributed by atoms with Crippen LogP contribution in [0.5, 0.6) is 17.2 Å². The van der Waals surface area contributed by atoms with E-state index in [1.165, 1.54) is 32.4 Å². The van der Waals surface area contributed by atoms with Gasteiger partial charge in [-0.3, -0.25) is 4.79 Å². The summed E-state index contributed by atoms with van der Waals surface area (Å²) < 4.78 is 16.3. The van der Waals surface area contributed by atoms with Gasteiger partial charge in [-0.2, -0.15) is 5.26 Å². The number of benzene rings is 3. The Bertz CT molecular complexity index is 1260. The van der Waals surface area contributed by atoms with Gasteiger partial charge in [0, 0.05) is 11.8 Å². The van der Waals surface area contributed by atoms with Crippen molar-refractivity contribution in [1.29, 1.82) is 5.26 Å². The maximum absolute atomic E-state index is 12.6. The van der Waals surface area contributed by atoms with Crippen molar-refractivity contribution in [3.63, 3.8) is 0 Å². The monoisotopic (exact) mass is 458 g/mol. The Labute approximate surface area is 196 Å². The highest BCUT2D eigenvalue weighted by Crippen LogP contribution is 2.30. The summed E-state index contributed by atoms with van der Waals surface area (Å²) in [5.41, 5.74) is 1.98. The normalized spacial score (nSPS) is 10.7. The molecule has 34 heavy (non-hydrogen) atoms. The molecule has 3 aromatic rings. The van der Waals surface area contributed by atoms with Crippen molar-refractivity contribution >= 4 is 23.6 Å². The number of aromatic carboxylic acids is 1. The van der Waals surface area contributed by atoms with Gasteiger partial charge in [-0.15, -0.1) is 0 Å². The highest BCUT2D eigenvalue weighted by Gasteiger charge is 2.12. The summed E-state index contributed by atoms with van der Waals surface area (Å²) in [5, 5.41) is 21.1. The summed E-state index contributed by atoms with van der Waals surface area (Å²) in [4.78, 5) is 23.5.